The molecule has 0 aromatic rings. The molecule has 0 fully saturated rings. The van der Waals surface area contributed by atoms with Crippen molar-refractivity contribution in [1.82, 2.24) is 5.32 Å². The van der Waals surface area contributed by atoms with Crippen molar-refractivity contribution in [3.63, 3.8) is 0 Å². The number of rotatable bonds is 7. The molecule has 6 N–H and O–H groups in total. The molecule has 0 aliphatic heterocycles. The van der Waals surface area contributed by atoms with Gasteiger partial charge in [0.05, 0.1) is 19.3 Å². The van der Waals surface area contributed by atoms with Gasteiger partial charge in [0.25, 0.3) is 0 Å². The standard InChI is InChI=1S/C10H19NO6/c1-5(2)10(17)11-6(3-12)8(15)9(16)7(14)4-13/h6-9,12-16H,1,3-4H2,2H3,(H,11,17)/t6-,7+,8+,9+/m0/s1. The van der Waals surface area contributed by atoms with Crippen LogP contribution >= 0.6 is 0 Å². The summed E-state index contributed by atoms with van der Waals surface area (Å²) in [4.78, 5) is 11.3. The molecule has 0 bridgehead atoms. The zero-order valence-corrected chi connectivity index (χ0v) is 9.58. The van der Waals surface area contributed by atoms with E-state index in [0.29, 0.717) is 0 Å². The topological polar surface area (TPSA) is 130 Å². The summed E-state index contributed by atoms with van der Waals surface area (Å²) in [5.74, 6) is -0.589. The second-order valence-corrected chi connectivity index (χ2v) is 3.77. The zero-order chi connectivity index (χ0) is 13.6. The summed E-state index contributed by atoms with van der Waals surface area (Å²) in [7, 11) is 0. The molecule has 0 spiro atoms. The number of aliphatic hydroxyl groups excluding tert-OH is 5. The summed E-state index contributed by atoms with van der Waals surface area (Å²) < 4.78 is 0. The van der Waals surface area contributed by atoms with Crippen LogP contribution < -0.4 is 5.32 Å². The number of hydrogen-bond donors (Lipinski definition) is 6. The van der Waals surface area contributed by atoms with E-state index in [4.69, 9.17) is 15.3 Å². The summed E-state index contributed by atoms with van der Waals surface area (Å²) in [6.45, 7) is 3.44. The third kappa shape index (κ3) is 4.80. The van der Waals surface area contributed by atoms with Gasteiger partial charge >= 0.3 is 0 Å². The molecular formula is C10H19NO6. The molecule has 7 nitrogen and oxygen atoms in total. The highest BCUT2D eigenvalue weighted by molar-refractivity contribution is 5.92. The van der Waals surface area contributed by atoms with E-state index < -0.39 is 43.5 Å². The molecule has 0 aliphatic carbocycles. The molecule has 100 valence electrons. The Labute approximate surface area is 99.0 Å². The SMILES string of the molecule is C=C(C)C(=O)N[C@@H](CO)[C@@H](O)[C@H](O)[C@H](O)CO. The minimum atomic E-state index is -1.68. The van der Waals surface area contributed by atoms with Gasteiger partial charge in [0, 0.05) is 5.57 Å². The molecule has 0 aromatic carbocycles. The molecule has 0 aromatic heterocycles. The molecule has 0 heterocycles. The predicted molar refractivity (Wildman–Crippen MR) is 58.9 cm³/mol. The third-order valence-corrected chi connectivity index (χ3v) is 2.24. The quantitative estimate of drug-likeness (QED) is 0.269. The minimum Gasteiger partial charge on any atom is -0.394 e. The molecule has 4 atom stereocenters. The van der Waals surface area contributed by atoms with Crippen molar-refractivity contribution in [3.05, 3.63) is 12.2 Å². The fourth-order valence-electron chi connectivity index (χ4n) is 1.10. The number of carbonyl (C=O) groups excluding carboxylic acids is 1. The van der Waals surface area contributed by atoms with Gasteiger partial charge in [-0.2, -0.15) is 0 Å². The molecule has 1 amide bonds. The average Bonchev–Trinajstić information content (AvgIpc) is 2.32. The highest BCUT2D eigenvalue weighted by Gasteiger charge is 2.31. The Balaban J connectivity index is 4.54. The van der Waals surface area contributed by atoms with E-state index in [0.717, 1.165) is 0 Å². The van der Waals surface area contributed by atoms with E-state index in [1.165, 1.54) is 6.92 Å². The molecule has 17 heavy (non-hydrogen) atoms. The number of carbonyl (C=O) groups is 1. The monoisotopic (exact) mass is 249 g/mol. The highest BCUT2D eigenvalue weighted by atomic mass is 16.4. The van der Waals surface area contributed by atoms with Crippen LogP contribution in [0.25, 0.3) is 0 Å². The largest absolute Gasteiger partial charge is 0.394 e. The first-order chi connectivity index (χ1) is 7.84. The lowest BCUT2D eigenvalue weighted by Gasteiger charge is -2.28. The predicted octanol–water partition coefficient (Wildman–Crippen LogP) is -2.89. The second-order valence-electron chi connectivity index (χ2n) is 3.77. The van der Waals surface area contributed by atoms with Gasteiger partial charge in [-0.3, -0.25) is 4.79 Å². The molecular weight excluding hydrogens is 230 g/mol. The van der Waals surface area contributed by atoms with E-state index in [1.54, 1.807) is 0 Å². The number of hydrogen-bond acceptors (Lipinski definition) is 6. The van der Waals surface area contributed by atoms with E-state index in [9.17, 15) is 15.0 Å². The van der Waals surface area contributed by atoms with Crippen molar-refractivity contribution in [1.29, 1.82) is 0 Å². The van der Waals surface area contributed by atoms with E-state index >= 15 is 0 Å². The van der Waals surface area contributed by atoms with Crippen LogP contribution in [0, 0.1) is 0 Å². The summed E-state index contributed by atoms with van der Waals surface area (Å²) in [6, 6.07) is -1.16. The van der Waals surface area contributed by atoms with Crippen LogP contribution in [0.15, 0.2) is 12.2 Å². The molecule has 0 saturated carbocycles. The fraction of sp³-hybridized carbons (Fsp3) is 0.700. The first-order valence-corrected chi connectivity index (χ1v) is 5.07. The molecule has 0 rings (SSSR count). The van der Waals surface area contributed by atoms with Crippen molar-refractivity contribution in [3.8, 4) is 0 Å². The van der Waals surface area contributed by atoms with Gasteiger partial charge in [-0.15, -0.1) is 0 Å². The van der Waals surface area contributed by atoms with E-state index in [1.807, 2.05) is 0 Å². The lowest BCUT2D eigenvalue weighted by atomic mass is 10.0. The Bertz CT molecular complexity index is 270. The maximum Gasteiger partial charge on any atom is 0.246 e. The van der Waals surface area contributed by atoms with Gasteiger partial charge in [-0.05, 0) is 6.92 Å². The Morgan fingerprint density at radius 1 is 1.18 bits per heavy atom. The van der Waals surface area contributed by atoms with Gasteiger partial charge in [-0.1, -0.05) is 6.58 Å². The van der Waals surface area contributed by atoms with Gasteiger partial charge in [0.1, 0.15) is 18.3 Å². The number of nitrogens with one attached hydrogen (secondary N) is 1. The van der Waals surface area contributed by atoms with Crippen molar-refractivity contribution in [2.75, 3.05) is 13.2 Å². The van der Waals surface area contributed by atoms with E-state index in [-0.39, 0.29) is 5.57 Å². The average molecular weight is 249 g/mol. The van der Waals surface area contributed by atoms with Crippen molar-refractivity contribution >= 4 is 5.91 Å². The van der Waals surface area contributed by atoms with Gasteiger partial charge < -0.3 is 30.8 Å². The summed E-state index contributed by atoms with van der Waals surface area (Å²) >= 11 is 0. The van der Waals surface area contributed by atoms with Gasteiger partial charge in [-0.25, -0.2) is 0 Å². The van der Waals surface area contributed by atoms with E-state index in [2.05, 4.69) is 11.9 Å². The van der Waals surface area contributed by atoms with Crippen LogP contribution in [-0.2, 0) is 4.79 Å². The third-order valence-electron chi connectivity index (χ3n) is 2.24. The molecule has 0 aliphatic rings. The second kappa shape index (κ2) is 7.36. The Morgan fingerprint density at radius 3 is 2.06 bits per heavy atom. The normalized spacial score (nSPS) is 18.0. The van der Waals surface area contributed by atoms with Crippen molar-refractivity contribution in [2.24, 2.45) is 0 Å². The van der Waals surface area contributed by atoms with Crippen LogP contribution in [0.3, 0.4) is 0 Å². The lowest BCUT2D eigenvalue weighted by Crippen LogP contribution is -2.54. The Morgan fingerprint density at radius 2 is 1.71 bits per heavy atom. The maximum atomic E-state index is 11.3. The first kappa shape index (κ1) is 16.0. The van der Waals surface area contributed by atoms with Crippen LogP contribution in [0.2, 0.25) is 0 Å². The smallest absolute Gasteiger partial charge is 0.246 e. The molecule has 0 unspecified atom stereocenters. The van der Waals surface area contributed by atoms with Gasteiger partial charge in [0.2, 0.25) is 5.91 Å². The first-order valence-electron chi connectivity index (χ1n) is 5.07. The molecule has 0 saturated heterocycles. The summed E-state index contributed by atoms with van der Waals surface area (Å²) in [5, 5.41) is 47.9. The highest BCUT2D eigenvalue weighted by Crippen LogP contribution is 2.05. The van der Waals surface area contributed by atoms with Crippen LogP contribution in [0.5, 0.6) is 0 Å². The maximum absolute atomic E-state index is 11.3. The molecule has 7 heteroatoms. The Hall–Kier alpha value is -0.990. The Kier molecular flexibility index (Phi) is 6.93. The number of aliphatic hydroxyl groups is 5. The van der Waals surface area contributed by atoms with Crippen LogP contribution in [0.4, 0.5) is 0 Å². The number of amides is 1. The lowest BCUT2D eigenvalue weighted by molar-refractivity contribution is -0.123. The van der Waals surface area contributed by atoms with Crippen molar-refractivity contribution in [2.45, 2.75) is 31.3 Å². The summed E-state index contributed by atoms with van der Waals surface area (Å²) in [6.07, 6.45) is -4.84. The summed E-state index contributed by atoms with van der Waals surface area (Å²) in [5.41, 5.74) is 0.174. The minimum absolute atomic E-state index is 0.174. The fourth-order valence-corrected chi connectivity index (χ4v) is 1.10. The van der Waals surface area contributed by atoms with Crippen molar-refractivity contribution < 1.29 is 30.3 Å². The zero-order valence-electron chi connectivity index (χ0n) is 9.58. The van der Waals surface area contributed by atoms with Crippen LogP contribution in [-0.4, -0.2) is 69.0 Å². The van der Waals surface area contributed by atoms with Crippen LogP contribution in [0.1, 0.15) is 6.92 Å². The van der Waals surface area contributed by atoms with Gasteiger partial charge in [0.15, 0.2) is 0 Å². The molecule has 0 radical (unpaired) electrons.